The first-order chi connectivity index (χ1) is 5.58. The molecule has 0 atom stereocenters. The second-order valence-corrected chi connectivity index (χ2v) is 4.42. The summed E-state index contributed by atoms with van der Waals surface area (Å²) in [7, 11) is 0. The van der Waals surface area contributed by atoms with Crippen molar-refractivity contribution in [3.05, 3.63) is 23.8 Å². The van der Waals surface area contributed by atoms with Gasteiger partial charge in [-0.3, -0.25) is 0 Å². The van der Waals surface area contributed by atoms with Crippen LogP contribution >= 0.6 is 0 Å². The summed E-state index contributed by atoms with van der Waals surface area (Å²) in [6.45, 7) is 10.6. The Hall–Kier alpha value is -0.520. The Kier molecular flexibility index (Phi) is 2.76. The molecule has 0 bridgehead atoms. The highest BCUT2D eigenvalue weighted by molar-refractivity contribution is 5.23. The number of hydrogen-bond donors (Lipinski definition) is 0. The third-order valence-corrected chi connectivity index (χ3v) is 2.99. The number of rotatable bonds is 2. The van der Waals surface area contributed by atoms with E-state index < -0.39 is 0 Å². The average Bonchev–Trinajstić information content (AvgIpc) is 1.97. The van der Waals surface area contributed by atoms with Crippen LogP contribution in [-0.4, -0.2) is 0 Å². The number of hydrogen-bond acceptors (Lipinski definition) is 0. The molecule has 0 aromatic rings. The summed E-state index contributed by atoms with van der Waals surface area (Å²) in [5.74, 6) is 0. The lowest BCUT2D eigenvalue weighted by Crippen LogP contribution is -2.19. The van der Waals surface area contributed by atoms with Gasteiger partial charge in [-0.15, -0.1) is 0 Å². The van der Waals surface area contributed by atoms with E-state index in [0.717, 1.165) is 6.42 Å². The predicted molar refractivity (Wildman–Crippen MR) is 53.8 cm³/mol. The van der Waals surface area contributed by atoms with Crippen LogP contribution in [0.4, 0.5) is 0 Å². The van der Waals surface area contributed by atoms with Crippen LogP contribution in [0.15, 0.2) is 17.7 Å². The van der Waals surface area contributed by atoms with Crippen molar-refractivity contribution in [3.8, 4) is 0 Å². The van der Waals surface area contributed by atoms with Crippen LogP contribution in [0.3, 0.4) is 0 Å². The van der Waals surface area contributed by atoms with Gasteiger partial charge in [0.2, 0.25) is 0 Å². The van der Waals surface area contributed by atoms with Gasteiger partial charge in [-0.05, 0) is 44.1 Å². The normalized spacial score (nSPS) is 22.6. The van der Waals surface area contributed by atoms with Gasteiger partial charge in [0.1, 0.15) is 0 Å². The van der Waals surface area contributed by atoms with Gasteiger partial charge in [-0.25, -0.2) is 0 Å². The molecule has 0 nitrogen and oxygen atoms in total. The van der Waals surface area contributed by atoms with Gasteiger partial charge in [-0.1, -0.05) is 31.6 Å². The summed E-state index contributed by atoms with van der Waals surface area (Å²) < 4.78 is 0. The predicted octanol–water partition coefficient (Wildman–Crippen LogP) is 3.89. The SMILES string of the molecule is C=[C]CC1=C(C)CCCC1(C)C. The van der Waals surface area contributed by atoms with Crippen LogP contribution in [-0.2, 0) is 0 Å². The topological polar surface area (TPSA) is 0 Å². The van der Waals surface area contributed by atoms with E-state index in [-0.39, 0.29) is 0 Å². The van der Waals surface area contributed by atoms with Gasteiger partial charge in [0.15, 0.2) is 0 Å². The fourth-order valence-electron chi connectivity index (χ4n) is 2.19. The minimum atomic E-state index is 0.396. The molecule has 1 rings (SSSR count). The molecule has 0 saturated carbocycles. The minimum Gasteiger partial charge on any atom is -0.0952 e. The molecular formula is C12H19. The van der Waals surface area contributed by atoms with Crippen LogP contribution in [0.5, 0.6) is 0 Å². The largest absolute Gasteiger partial charge is 0.0952 e. The molecule has 1 radical (unpaired) electrons. The lowest BCUT2D eigenvalue weighted by atomic mass is 9.71. The second kappa shape index (κ2) is 3.47. The van der Waals surface area contributed by atoms with E-state index in [9.17, 15) is 0 Å². The standard InChI is InChI=1S/C12H19/c1-5-7-11-10(2)8-6-9-12(11,3)4/h1,6-9H2,2-4H3. The van der Waals surface area contributed by atoms with Crippen LogP contribution in [0.1, 0.15) is 46.5 Å². The maximum absolute atomic E-state index is 3.70. The van der Waals surface area contributed by atoms with Crippen LogP contribution in [0.2, 0.25) is 0 Å². The molecule has 0 aromatic heterocycles. The second-order valence-electron chi connectivity index (χ2n) is 4.42. The van der Waals surface area contributed by atoms with E-state index in [2.05, 4.69) is 33.4 Å². The molecule has 0 saturated heterocycles. The smallest absolute Gasteiger partial charge is 0.00624 e. The Morgan fingerprint density at radius 2 is 2.17 bits per heavy atom. The zero-order valence-electron chi connectivity index (χ0n) is 8.54. The van der Waals surface area contributed by atoms with E-state index in [1.807, 2.05) is 0 Å². The third-order valence-electron chi connectivity index (χ3n) is 2.99. The highest BCUT2D eigenvalue weighted by atomic mass is 14.3. The van der Waals surface area contributed by atoms with Crippen LogP contribution < -0.4 is 0 Å². The summed E-state index contributed by atoms with van der Waals surface area (Å²) in [6.07, 6.45) is 7.92. The van der Waals surface area contributed by atoms with Gasteiger partial charge < -0.3 is 0 Å². The van der Waals surface area contributed by atoms with E-state index in [4.69, 9.17) is 0 Å². The molecule has 0 N–H and O–H groups in total. The summed E-state index contributed by atoms with van der Waals surface area (Å²) in [5, 5.41) is 0. The maximum atomic E-state index is 3.70. The zero-order valence-corrected chi connectivity index (χ0v) is 8.54. The fourth-order valence-corrected chi connectivity index (χ4v) is 2.19. The molecular weight excluding hydrogens is 144 g/mol. The Bertz CT molecular complexity index is 206. The first-order valence-corrected chi connectivity index (χ1v) is 4.77. The van der Waals surface area contributed by atoms with Crippen molar-refractivity contribution in [3.63, 3.8) is 0 Å². The molecule has 0 aromatic carbocycles. The molecule has 12 heavy (non-hydrogen) atoms. The Morgan fingerprint density at radius 1 is 1.50 bits per heavy atom. The summed E-state index contributed by atoms with van der Waals surface area (Å²) in [5.41, 5.74) is 3.54. The first-order valence-electron chi connectivity index (χ1n) is 4.77. The first kappa shape index (κ1) is 9.57. The van der Waals surface area contributed by atoms with E-state index in [1.54, 1.807) is 11.1 Å². The molecule has 0 amide bonds. The van der Waals surface area contributed by atoms with Crippen molar-refractivity contribution in [1.82, 2.24) is 0 Å². The van der Waals surface area contributed by atoms with E-state index in [1.165, 1.54) is 19.3 Å². The molecule has 0 heteroatoms. The molecule has 67 valence electrons. The Balaban J connectivity index is 2.91. The van der Waals surface area contributed by atoms with Crippen molar-refractivity contribution in [2.75, 3.05) is 0 Å². The van der Waals surface area contributed by atoms with Crippen LogP contribution in [0, 0.1) is 11.5 Å². The van der Waals surface area contributed by atoms with Gasteiger partial charge in [0, 0.05) is 0 Å². The van der Waals surface area contributed by atoms with Crippen molar-refractivity contribution in [2.45, 2.75) is 46.5 Å². The third kappa shape index (κ3) is 1.80. The summed E-state index contributed by atoms with van der Waals surface area (Å²) in [4.78, 5) is 0. The minimum absolute atomic E-state index is 0.396. The Labute approximate surface area is 76.4 Å². The maximum Gasteiger partial charge on any atom is -0.00624 e. The average molecular weight is 163 g/mol. The van der Waals surface area contributed by atoms with Gasteiger partial charge in [0.05, 0.1) is 0 Å². The highest BCUT2D eigenvalue weighted by Crippen LogP contribution is 2.41. The molecule has 1 aliphatic rings. The molecule has 0 heterocycles. The Morgan fingerprint density at radius 3 is 2.67 bits per heavy atom. The van der Waals surface area contributed by atoms with Gasteiger partial charge in [0.25, 0.3) is 0 Å². The van der Waals surface area contributed by atoms with Crippen molar-refractivity contribution in [2.24, 2.45) is 5.41 Å². The van der Waals surface area contributed by atoms with E-state index >= 15 is 0 Å². The molecule has 0 fully saturated rings. The molecule has 1 aliphatic carbocycles. The summed E-state index contributed by atoms with van der Waals surface area (Å²) in [6, 6.07) is 0. The molecule has 0 unspecified atom stereocenters. The van der Waals surface area contributed by atoms with E-state index in [0.29, 0.717) is 5.41 Å². The monoisotopic (exact) mass is 163 g/mol. The van der Waals surface area contributed by atoms with Crippen LogP contribution in [0.25, 0.3) is 0 Å². The van der Waals surface area contributed by atoms with Crippen molar-refractivity contribution < 1.29 is 0 Å². The fraction of sp³-hybridized carbons (Fsp3) is 0.667. The van der Waals surface area contributed by atoms with Gasteiger partial charge in [-0.2, -0.15) is 0 Å². The lowest BCUT2D eigenvalue weighted by Gasteiger charge is -2.34. The molecule has 0 spiro atoms. The lowest BCUT2D eigenvalue weighted by molar-refractivity contribution is 0.360. The van der Waals surface area contributed by atoms with Crippen molar-refractivity contribution in [1.29, 1.82) is 0 Å². The summed E-state index contributed by atoms with van der Waals surface area (Å²) >= 11 is 0. The van der Waals surface area contributed by atoms with Crippen molar-refractivity contribution >= 4 is 0 Å². The zero-order chi connectivity index (χ0) is 9.19. The number of allylic oxidation sites excluding steroid dienone is 3. The quantitative estimate of drug-likeness (QED) is 0.542. The van der Waals surface area contributed by atoms with Gasteiger partial charge >= 0.3 is 0 Å². The highest BCUT2D eigenvalue weighted by Gasteiger charge is 2.26. The molecule has 0 aliphatic heterocycles.